The molecule has 2 aromatic heterocycles. The van der Waals surface area contributed by atoms with Gasteiger partial charge in [0.15, 0.2) is 5.82 Å². The quantitative estimate of drug-likeness (QED) is 0.839. The number of nitrogens with zero attached hydrogens (tertiary/aromatic N) is 6. The molecule has 0 radical (unpaired) electrons. The van der Waals surface area contributed by atoms with Crippen LogP contribution >= 0.6 is 0 Å². The number of nitrogens with one attached hydrogen (secondary N) is 1. The summed E-state index contributed by atoms with van der Waals surface area (Å²) in [6.07, 6.45) is 5.93. The maximum atomic E-state index is 12.2. The highest BCUT2D eigenvalue weighted by Crippen LogP contribution is 2.17. The molecule has 25 heavy (non-hydrogen) atoms. The number of piperidine rings is 1. The van der Waals surface area contributed by atoms with Gasteiger partial charge in [0.2, 0.25) is 5.91 Å². The molecule has 1 aliphatic heterocycles. The number of carbonyl (C=O) groups excluding carboxylic acids is 1. The predicted octanol–water partition coefficient (Wildman–Crippen LogP) is 0.925. The molecule has 0 saturated carbocycles. The third kappa shape index (κ3) is 4.82. The van der Waals surface area contributed by atoms with E-state index >= 15 is 0 Å². The van der Waals surface area contributed by atoms with Crippen LogP contribution < -0.4 is 5.32 Å². The predicted molar refractivity (Wildman–Crippen MR) is 92.3 cm³/mol. The molecule has 1 aliphatic rings. The highest BCUT2D eigenvalue weighted by atomic mass is 16.2. The summed E-state index contributed by atoms with van der Waals surface area (Å²) in [7, 11) is 0. The van der Waals surface area contributed by atoms with E-state index in [0.717, 1.165) is 36.0 Å². The SMILES string of the molecule is Cc1cnccc1CNC(=O)Cn1nnnc1CN1CCC(C)CC1. The molecule has 0 unspecified atom stereocenters. The van der Waals surface area contributed by atoms with E-state index in [0.29, 0.717) is 13.1 Å². The molecule has 1 saturated heterocycles. The molecule has 3 rings (SSSR count). The molecule has 8 nitrogen and oxygen atoms in total. The Balaban J connectivity index is 1.52. The summed E-state index contributed by atoms with van der Waals surface area (Å²) < 4.78 is 1.59. The van der Waals surface area contributed by atoms with Crippen LogP contribution in [-0.4, -0.2) is 49.1 Å². The number of rotatable bonds is 6. The molecule has 0 bridgehead atoms. The van der Waals surface area contributed by atoms with E-state index in [1.165, 1.54) is 12.8 Å². The molecular weight excluding hydrogens is 318 g/mol. The second-order valence-corrected chi connectivity index (χ2v) is 6.79. The van der Waals surface area contributed by atoms with Crippen LogP contribution in [0.15, 0.2) is 18.5 Å². The third-order valence-electron chi connectivity index (χ3n) is 4.75. The maximum absolute atomic E-state index is 12.2. The number of pyridine rings is 1. The summed E-state index contributed by atoms with van der Waals surface area (Å²) in [5.41, 5.74) is 2.12. The lowest BCUT2D eigenvalue weighted by molar-refractivity contribution is -0.122. The number of tetrazole rings is 1. The summed E-state index contributed by atoms with van der Waals surface area (Å²) in [6.45, 7) is 7.69. The Morgan fingerprint density at radius 3 is 2.92 bits per heavy atom. The van der Waals surface area contributed by atoms with Crippen LogP contribution in [0.5, 0.6) is 0 Å². The van der Waals surface area contributed by atoms with Gasteiger partial charge in [-0.25, -0.2) is 4.68 Å². The lowest BCUT2D eigenvalue weighted by Gasteiger charge is -2.29. The van der Waals surface area contributed by atoms with Gasteiger partial charge in [0, 0.05) is 18.9 Å². The lowest BCUT2D eigenvalue weighted by atomic mass is 9.99. The molecule has 0 atom stereocenters. The Kier molecular flexibility index (Phi) is 5.70. The zero-order chi connectivity index (χ0) is 17.6. The van der Waals surface area contributed by atoms with Crippen LogP contribution in [0.4, 0.5) is 0 Å². The Morgan fingerprint density at radius 1 is 1.36 bits per heavy atom. The first kappa shape index (κ1) is 17.5. The fourth-order valence-electron chi connectivity index (χ4n) is 2.97. The number of carbonyl (C=O) groups is 1. The van der Waals surface area contributed by atoms with E-state index in [9.17, 15) is 4.79 Å². The summed E-state index contributed by atoms with van der Waals surface area (Å²) in [5.74, 6) is 1.43. The van der Waals surface area contributed by atoms with Crippen LogP contribution in [0.1, 0.15) is 36.7 Å². The van der Waals surface area contributed by atoms with Crippen molar-refractivity contribution >= 4 is 5.91 Å². The second kappa shape index (κ2) is 8.15. The summed E-state index contributed by atoms with van der Waals surface area (Å²) >= 11 is 0. The van der Waals surface area contributed by atoms with Crippen LogP contribution in [0.25, 0.3) is 0 Å². The van der Waals surface area contributed by atoms with Gasteiger partial charge in [-0.05, 0) is 66.4 Å². The van der Waals surface area contributed by atoms with Crippen LogP contribution in [-0.2, 0) is 24.4 Å². The molecule has 0 spiro atoms. The zero-order valence-corrected chi connectivity index (χ0v) is 14.9. The van der Waals surface area contributed by atoms with E-state index < -0.39 is 0 Å². The van der Waals surface area contributed by atoms with Crippen molar-refractivity contribution in [3.05, 3.63) is 35.4 Å². The van der Waals surface area contributed by atoms with Crippen molar-refractivity contribution in [2.24, 2.45) is 5.92 Å². The summed E-state index contributed by atoms with van der Waals surface area (Å²) in [6, 6.07) is 1.91. The first-order chi connectivity index (χ1) is 12.1. The van der Waals surface area contributed by atoms with Crippen LogP contribution in [0, 0.1) is 12.8 Å². The Morgan fingerprint density at radius 2 is 2.16 bits per heavy atom. The fraction of sp³-hybridized carbons (Fsp3) is 0.588. The smallest absolute Gasteiger partial charge is 0.242 e. The van der Waals surface area contributed by atoms with Gasteiger partial charge in [-0.1, -0.05) is 6.92 Å². The standard InChI is InChI=1S/C17H25N7O/c1-13-4-7-23(8-5-13)11-16-20-21-22-24(16)12-17(25)19-10-15-3-6-18-9-14(15)2/h3,6,9,13H,4-5,7-8,10-12H2,1-2H3,(H,19,25). The van der Waals surface area contributed by atoms with Gasteiger partial charge in [0.1, 0.15) is 6.54 Å². The fourth-order valence-corrected chi connectivity index (χ4v) is 2.97. The molecule has 1 amide bonds. The Hall–Kier alpha value is -2.35. The van der Waals surface area contributed by atoms with Gasteiger partial charge in [0.25, 0.3) is 0 Å². The molecule has 3 heterocycles. The number of likely N-dealkylation sites (tertiary alicyclic amines) is 1. The van der Waals surface area contributed by atoms with Gasteiger partial charge in [-0.3, -0.25) is 14.7 Å². The molecule has 2 aromatic rings. The normalized spacial score (nSPS) is 16.1. The topological polar surface area (TPSA) is 88.8 Å². The first-order valence-corrected chi connectivity index (χ1v) is 8.75. The average molecular weight is 343 g/mol. The van der Waals surface area contributed by atoms with E-state index in [-0.39, 0.29) is 12.5 Å². The molecule has 0 aromatic carbocycles. The minimum atomic E-state index is -0.1000. The summed E-state index contributed by atoms with van der Waals surface area (Å²) in [4.78, 5) is 18.6. The molecular formula is C17H25N7O. The van der Waals surface area contributed by atoms with Crippen molar-refractivity contribution in [2.45, 2.75) is 46.3 Å². The lowest BCUT2D eigenvalue weighted by Crippen LogP contribution is -2.34. The van der Waals surface area contributed by atoms with E-state index in [4.69, 9.17) is 0 Å². The Bertz CT molecular complexity index is 707. The number of aryl methyl sites for hydroxylation is 1. The number of amides is 1. The molecule has 134 valence electrons. The summed E-state index contributed by atoms with van der Waals surface area (Å²) in [5, 5.41) is 14.7. The highest BCUT2D eigenvalue weighted by Gasteiger charge is 2.19. The average Bonchev–Trinajstić information content (AvgIpc) is 3.03. The number of aromatic nitrogens is 5. The van der Waals surface area contributed by atoms with E-state index in [1.54, 1.807) is 17.1 Å². The minimum Gasteiger partial charge on any atom is -0.350 e. The maximum Gasteiger partial charge on any atom is 0.242 e. The van der Waals surface area contributed by atoms with Gasteiger partial charge in [-0.2, -0.15) is 0 Å². The van der Waals surface area contributed by atoms with E-state index in [2.05, 4.69) is 37.6 Å². The van der Waals surface area contributed by atoms with Gasteiger partial charge in [0.05, 0.1) is 6.54 Å². The van der Waals surface area contributed by atoms with Crippen molar-refractivity contribution < 1.29 is 4.79 Å². The van der Waals surface area contributed by atoms with Crippen molar-refractivity contribution in [1.29, 1.82) is 0 Å². The molecule has 1 N–H and O–H groups in total. The van der Waals surface area contributed by atoms with Crippen molar-refractivity contribution in [1.82, 2.24) is 35.4 Å². The molecule has 8 heteroatoms. The van der Waals surface area contributed by atoms with Crippen molar-refractivity contribution in [3.63, 3.8) is 0 Å². The Labute approximate surface area is 147 Å². The molecule has 1 fully saturated rings. The van der Waals surface area contributed by atoms with Crippen LogP contribution in [0.2, 0.25) is 0 Å². The molecule has 0 aliphatic carbocycles. The van der Waals surface area contributed by atoms with Crippen molar-refractivity contribution in [3.8, 4) is 0 Å². The monoisotopic (exact) mass is 343 g/mol. The van der Waals surface area contributed by atoms with Gasteiger partial charge < -0.3 is 5.32 Å². The van der Waals surface area contributed by atoms with Crippen molar-refractivity contribution in [2.75, 3.05) is 13.1 Å². The van der Waals surface area contributed by atoms with Crippen LogP contribution in [0.3, 0.4) is 0 Å². The number of hydrogen-bond acceptors (Lipinski definition) is 6. The third-order valence-corrected chi connectivity index (χ3v) is 4.75. The second-order valence-electron chi connectivity index (χ2n) is 6.79. The van der Waals surface area contributed by atoms with E-state index in [1.807, 2.05) is 13.0 Å². The van der Waals surface area contributed by atoms with Gasteiger partial charge in [-0.15, -0.1) is 5.10 Å². The number of hydrogen-bond donors (Lipinski definition) is 1. The highest BCUT2D eigenvalue weighted by molar-refractivity contribution is 5.75. The largest absolute Gasteiger partial charge is 0.350 e. The minimum absolute atomic E-state index is 0.1000. The zero-order valence-electron chi connectivity index (χ0n) is 14.9. The first-order valence-electron chi connectivity index (χ1n) is 8.75. The van der Waals surface area contributed by atoms with Gasteiger partial charge >= 0.3 is 0 Å².